The molecule has 1 amide bonds. The zero-order chi connectivity index (χ0) is 14.8. The van der Waals surface area contributed by atoms with Crippen LogP contribution >= 0.6 is 23.2 Å². The summed E-state index contributed by atoms with van der Waals surface area (Å²) in [4.78, 5) is 19.9. The molecule has 4 nitrogen and oxygen atoms in total. The van der Waals surface area contributed by atoms with Gasteiger partial charge in [0.25, 0.3) is 5.91 Å². The number of carbonyl (C=O) groups is 1. The average Bonchev–Trinajstić information content (AvgIpc) is 2.50. The van der Waals surface area contributed by atoms with Crippen LogP contribution in [0.2, 0.25) is 10.3 Å². The smallest absolute Gasteiger partial charge is 0.255 e. The molecule has 0 spiro atoms. The maximum Gasteiger partial charge on any atom is 0.255 e. The zero-order valence-corrected chi connectivity index (χ0v) is 12.2. The highest BCUT2D eigenvalue weighted by Crippen LogP contribution is 2.26. The van der Waals surface area contributed by atoms with Crippen LogP contribution in [0.4, 0.5) is 5.69 Å². The number of nitrogens with one attached hydrogen (secondary N) is 1. The van der Waals surface area contributed by atoms with Gasteiger partial charge in [-0.3, -0.25) is 4.79 Å². The summed E-state index contributed by atoms with van der Waals surface area (Å²) in [6, 6.07) is 13.2. The molecule has 0 atom stereocenters. The molecular formula is C15H9Cl2N3O. The van der Waals surface area contributed by atoms with Crippen LogP contribution in [0.1, 0.15) is 10.4 Å². The van der Waals surface area contributed by atoms with Crippen LogP contribution in [0.5, 0.6) is 0 Å². The van der Waals surface area contributed by atoms with Crippen LogP contribution in [0.3, 0.4) is 0 Å². The van der Waals surface area contributed by atoms with E-state index in [1.54, 1.807) is 12.1 Å². The first kappa shape index (κ1) is 13.8. The molecule has 0 saturated heterocycles. The SMILES string of the molecule is O=C(Nc1c(Cl)ncnc1Cl)c1ccc2ccccc2c1. The molecule has 2 aromatic carbocycles. The molecular weight excluding hydrogens is 309 g/mol. The monoisotopic (exact) mass is 317 g/mol. The number of amides is 1. The Morgan fingerprint density at radius 2 is 1.62 bits per heavy atom. The summed E-state index contributed by atoms with van der Waals surface area (Å²) in [5.74, 6) is -0.320. The van der Waals surface area contributed by atoms with Crippen LogP contribution in [0.15, 0.2) is 48.8 Å². The van der Waals surface area contributed by atoms with Gasteiger partial charge < -0.3 is 5.32 Å². The van der Waals surface area contributed by atoms with Crippen molar-refractivity contribution in [3.8, 4) is 0 Å². The Bertz CT molecular complexity index is 816. The van der Waals surface area contributed by atoms with Crippen molar-refractivity contribution in [1.29, 1.82) is 0 Å². The minimum Gasteiger partial charge on any atom is -0.317 e. The minimum absolute atomic E-state index is 0.101. The van der Waals surface area contributed by atoms with Crippen molar-refractivity contribution in [1.82, 2.24) is 9.97 Å². The first-order valence-corrected chi connectivity index (χ1v) is 6.87. The number of halogens is 2. The van der Waals surface area contributed by atoms with Gasteiger partial charge in [-0.05, 0) is 22.9 Å². The molecule has 0 aliphatic rings. The average molecular weight is 318 g/mol. The fourth-order valence-corrected chi connectivity index (χ4v) is 2.37. The number of aromatic nitrogens is 2. The van der Waals surface area contributed by atoms with Crippen molar-refractivity contribution in [2.75, 3.05) is 5.32 Å². The first-order chi connectivity index (χ1) is 10.1. The summed E-state index contributed by atoms with van der Waals surface area (Å²) in [5, 5.41) is 4.88. The summed E-state index contributed by atoms with van der Waals surface area (Å²) in [5.41, 5.74) is 0.712. The van der Waals surface area contributed by atoms with Gasteiger partial charge in [0.1, 0.15) is 12.0 Å². The van der Waals surface area contributed by atoms with E-state index < -0.39 is 0 Å². The third-order valence-electron chi connectivity index (χ3n) is 3.00. The Hall–Kier alpha value is -2.17. The highest BCUT2D eigenvalue weighted by molar-refractivity contribution is 6.38. The number of benzene rings is 2. The van der Waals surface area contributed by atoms with Gasteiger partial charge in [-0.1, -0.05) is 53.5 Å². The lowest BCUT2D eigenvalue weighted by atomic mass is 10.1. The van der Waals surface area contributed by atoms with Crippen LogP contribution in [0.25, 0.3) is 10.8 Å². The van der Waals surface area contributed by atoms with Crippen molar-refractivity contribution < 1.29 is 4.79 Å². The molecule has 6 heteroatoms. The second-order valence-electron chi connectivity index (χ2n) is 4.35. The topological polar surface area (TPSA) is 54.9 Å². The number of rotatable bonds is 2. The molecule has 1 aromatic heterocycles. The van der Waals surface area contributed by atoms with Gasteiger partial charge in [0.15, 0.2) is 10.3 Å². The molecule has 0 aliphatic heterocycles. The molecule has 1 heterocycles. The molecule has 104 valence electrons. The molecule has 0 bridgehead atoms. The quantitative estimate of drug-likeness (QED) is 0.721. The number of carbonyl (C=O) groups excluding carboxylic acids is 1. The highest BCUT2D eigenvalue weighted by atomic mass is 35.5. The van der Waals surface area contributed by atoms with Crippen LogP contribution in [0, 0.1) is 0 Å². The molecule has 0 radical (unpaired) electrons. The molecule has 0 saturated carbocycles. The van der Waals surface area contributed by atoms with Crippen LogP contribution in [-0.2, 0) is 0 Å². The number of hydrogen-bond acceptors (Lipinski definition) is 3. The summed E-state index contributed by atoms with van der Waals surface area (Å²) >= 11 is 11.8. The maximum atomic E-state index is 12.3. The van der Waals surface area contributed by atoms with E-state index in [4.69, 9.17) is 23.2 Å². The number of nitrogens with zero attached hydrogens (tertiary/aromatic N) is 2. The van der Waals surface area contributed by atoms with Crippen molar-refractivity contribution in [3.05, 3.63) is 64.7 Å². The Morgan fingerprint density at radius 1 is 0.952 bits per heavy atom. The second kappa shape index (κ2) is 5.68. The Balaban J connectivity index is 1.94. The third-order valence-corrected chi connectivity index (χ3v) is 3.58. The fourth-order valence-electron chi connectivity index (χ4n) is 1.96. The summed E-state index contributed by atoms with van der Waals surface area (Å²) in [6.07, 6.45) is 1.23. The lowest BCUT2D eigenvalue weighted by Crippen LogP contribution is -2.13. The largest absolute Gasteiger partial charge is 0.317 e. The van der Waals surface area contributed by atoms with E-state index in [0.29, 0.717) is 5.56 Å². The van der Waals surface area contributed by atoms with Gasteiger partial charge in [0.05, 0.1) is 0 Å². The van der Waals surface area contributed by atoms with E-state index in [-0.39, 0.29) is 21.9 Å². The van der Waals surface area contributed by atoms with Crippen LogP contribution < -0.4 is 5.32 Å². The number of fused-ring (bicyclic) bond motifs is 1. The summed E-state index contributed by atoms with van der Waals surface area (Å²) < 4.78 is 0. The van der Waals surface area contributed by atoms with Gasteiger partial charge in [0.2, 0.25) is 0 Å². The fraction of sp³-hybridized carbons (Fsp3) is 0. The zero-order valence-electron chi connectivity index (χ0n) is 10.7. The standard InChI is InChI=1S/C15H9Cl2N3O/c16-13-12(14(17)19-8-18-13)20-15(21)11-6-5-9-3-1-2-4-10(9)7-11/h1-8H,(H,20,21). The molecule has 1 N–H and O–H groups in total. The minimum atomic E-state index is -0.320. The summed E-state index contributed by atoms with van der Waals surface area (Å²) in [7, 11) is 0. The normalized spacial score (nSPS) is 10.6. The van der Waals surface area contributed by atoms with E-state index in [9.17, 15) is 4.79 Å². The van der Waals surface area contributed by atoms with E-state index in [0.717, 1.165) is 10.8 Å². The molecule has 0 fully saturated rings. The summed E-state index contributed by atoms with van der Waals surface area (Å²) in [6.45, 7) is 0. The van der Waals surface area contributed by atoms with E-state index >= 15 is 0 Å². The molecule has 0 aliphatic carbocycles. The predicted octanol–water partition coefficient (Wildman–Crippen LogP) is 4.19. The van der Waals surface area contributed by atoms with Gasteiger partial charge >= 0.3 is 0 Å². The number of hydrogen-bond donors (Lipinski definition) is 1. The van der Waals surface area contributed by atoms with Crippen molar-refractivity contribution >= 4 is 45.6 Å². The lowest BCUT2D eigenvalue weighted by molar-refractivity contribution is 0.102. The van der Waals surface area contributed by atoms with Gasteiger partial charge in [-0.15, -0.1) is 0 Å². The van der Waals surface area contributed by atoms with Crippen molar-refractivity contribution in [2.24, 2.45) is 0 Å². The molecule has 0 unspecified atom stereocenters. The third kappa shape index (κ3) is 2.82. The Morgan fingerprint density at radius 3 is 2.33 bits per heavy atom. The van der Waals surface area contributed by atoms with Crippen LogP contribution in [-0.4, -0.2) is 15.9 Å². The van der Waals surface area contributed by atoms with Crippen molar-refractivity contribution in [3.63, 3.8) is 0 Å². The first-order valence-electron chi connectivity index (χ1n) is 6.11. The second-order valence-corrected chi connectivity index (χ2v) is 5.06. The lowest BCUT2D eigenvalue weighted by Gasteiger charge is -2.08. The van der Waals surface area contributed by atoms with E-state index in [2.05, 4.69) is 15.3 Å². The van der Waals surface area contributed by atoms with E-state index in [1.807, 2.05) is 30.3 Å². The van der Waals surface area contributed by atoms with Gasteiger partial charge in [-0.2, -0.15) is 0 Å². The van der Waals surface area contributed by atoms with E-state index in [1.165, 1.54) is 6.33 Å². The predicted molar refractivity (Wildman–Crippen MR) is 84.0 cm³/mol. The Kier molecular flexibility index (Phi) is 3.73. The van der Waals surface area contributed by atoms with Gasteiger partial charge in [-0.25, -0.2) is 9.97 Å². The molecule has 3 rings (SSSR count). The molecule has 3 aromatic rings. The van der Waals surface area contributed by atoms with Gasteiger partial charge in [0, 0.05) is 5.56 Å². The van der Waals surface area contributed by atoms with Crippen molar-refractivity contribution in [2.45, 2.75) is 0 Å². The Labute approximate surface area is 130 Å². The molecule has 21 heavy (non-hydrogen) atoms. The number of anilines is 1. The highest BCUT2D eigenvalue weighted by Gasteiger charge is 2.13. The maximum absolute atomic E-state index is 12.3.